The van der Waals surface area contributed by atoms with Gasteiger partial charge in [-0.25, -0.2) is 0 Å². The van der Waals surface area contributed by atoms with Gasteiger partial charge >= 0.3 is 0 Å². The topological polar surface area (TPSA) is 18.5 Å². The average Bonchev–Trinajstić information content (AvgIpc) is 2.39. The van der Waals surface area contributed by atoms with Crippen LogP contribution in [0.5, 0.6) is 5.75 Å². The number of hydrogen-bond acceptors (Lipinski definition) is 2. The van der Waals surface area contributed by atoms with Gasteiger partial charge in [0.1, 0.15) is 11.5 Å². The van der Waals surface area contributed by atoms with E-state index in [4.69, 9.17) is 9.47 Å². The fraction of sp³-hybridized carbons (Fsp3) is 0.200. The molecule has 0 amide bonds. The van der Waals surface area contributed by atoms with Gasteiger partial charge in [-0.3, -0.25) is 0 Å². The van der Waals surface area contributed by atoms with E-state index in [2.05, 4.69) is 30.3 Å². The molecule has 0 N–H and O–H groups in total. The Balaban J connectivity index is 2.36. The molecular weight excluding hydrogens is 212 g/mol. The highest BCUT2D eigenvalue weighted by Crippen LogP contribution is 2.36. The molecule has 0 bridgehead atoms. The van der Waals surface area contributed by atoms with Gasteiger partial charge in [-0.1, -0.05) is 24.3 Å². The van der Waals surface area contributed by atoms with Gasteiger partial charge in [-0.2, -0.15) is 0 Å². The van der Waals surface area contributed by atoms with Crippen LogP contribution in [0.4, 0.5) is 0 Å². The molecule has 2 aromatic carbocycles. The van der Waals surface area contributed by atoms with Crippen molar-refractivity contribution in [3.63, 3.8) is 0 Å². The Morgan fingerprint density at radius 3 is 2.65 bits per heavy atom. The molecule has 0 radical (unpaired) electrons. The summed E-state index contributed by atoms with van der Waals surface area (Å²) in [5.41, 5.74) is 2.51. The van der Waals surface area contributed by atoms with Crippen molar-refractivity contribution in [3.8, 4) is 5.75 Å². The Bertz CT molecular complexity index is 612. The first-order chi connectivity index (χ1) is 8.33. The van der Waals surface area contributed by atoms with Crippen molar-refractivity contribution in [2.24, 2.45) is 0 Å². The first-order valence-corrected chi connectivity index (χ1v) is 5.66. The number of benzene rings is 2. The third-order valence-corrected chi connectivity index (χ3v) is 3.28. The summed E-state index contributed by atoms with van der Waals surface area (Å²) >= 11 is 0. The standard InChI is InChI=1S/C15H14O2/c1-16-12-8-10-4-3-5-13-14(17-2)7-6-11(9-12)15(10)13/h3-7,9H,8H2,1-2H3. The van der Waals surface area contributed by atoms with Crippen molar-refractivity contribution in [1.29, 1.82) is 0 Å². The van der Waals surface area contributed by atoms with Crippen LogP contribution < -0.4 is 4.74 Å². The van der Waals surface area contributed by atoms with E-state index in [0.717, 1.165) is 17.9 Å². The molecule has 3 rings (SSSR count). The monoisotopic (exact) mass is 226 g/mol. The third-order valence-electron chi connectivity index (χ3n) is 3.28. The number of ether oxygens (including phenoxy) is 2. The second-order valence-electron chi connectivity index (χ2n) is 4.19. The average molecular weight is 226 g/mol. The normalized spacial score (nSPS) is 13.4. The van der Waals surface area contributed by atoms with Crippen molar-refractivity contribution >= 4 is 16.8 Å². The molecule has 2 heteroatoms. The summed E-state index contributed by atoms with van der Waals surface area (Å²) in [6.45, 7) is 0. The number of methoxy groups -OCH3 is 2. The third kappa shape index (κ3) is 1.48. The summed E-state index contributed by atoms with van der Waals surface area (Å²) in [5.74, 6) is 1.94. The summed E-state index contributed by atoms with van der Waals surface area (Å²) < 4.78 is 10.8. The molecule has 2 nitrogen and oxygen atoms in total. The Kier molecular flexibility index (Phi) is 2.29. The van der Waals surface area contributed by atoms with Crippen LogP contribution in [0, 0.1) is 0 Å². The Morgan fingerprint density at radius 2 is 1.88 bits per heavy atom. The lowest BCUT2D eigenvalue weighted by molar-refractivity contribution is 0.287. The van der Waals surface area contributed by atoms with Crippen molar-refractivity contribution < 1.29 is 9.47 Å². The lowest BCUT2D eigenvalue weighted by Gasteiger charge is -2.18. The Morgan fingerprint density at radius 1 is 1.00 bits per heavy atom. The summed E-state index contributed by atoms with van der Waals surface area (Å²) in [6, 6.07) is 10.4. The maximum Gasteiger partial charge on any atom is 0.126 e. The van der Waals surface area contributed by atoms with E-state index in [-0.39, 0.29) is 0 Å². The minimum atomic E-state index is 0.855. The van der Waals surface area contributed by atoms with E-state index in [1.165, 1.54) is 21.9 Å². The van der Waals surface area contributed by atoms with E-state index < -0.39 is 0 Å². The molecule has 86 valence electrons. The number of hydrogen-bond donors (Lipinski definition) is 0. The molecule has 2 aromatic rings. The summed E-state index contributed by atoms with van der Waals surface area (Å²) in [4.78, 5) is 0. The van der Waals surface area contributed by atoms with E-state index in [0.29, 0.717) is 0 Å². The van der Waals surface area contributed by atoms with Gasteiger partial charge in [0.15, 0.2) is 0 Å². The van der Waals surface area contributed by atoms with Crippen LogP contribution in [-0.2, 0) is 11.2 Å². The second kappa shape index (κ2) is 3.81. The van der Waals surface area contributed by atoms with Crippen LogP contribution in [-0.4, -0.2) is 14.2 Å². The highest BCUT2D eigenvalue weighted by molar-refractivity contribution is 5.98. The quantitative estimate of drug-likeness (QED) is 0.781. The maximum absolute atomic E-state index is 5.41. The molecule has 0 heterocycles. The maximum atomic E-state index is 5.41. The second-order valence-corrected chi connectivity index (χ2v) is 4.19. The van der Waals surface area contributed by atoms with E-state index in [1.807, 2.05) is 6.07 Å². The van der Waals surface area contributed by atoms with Gasteiger partial charge in [0.25, 0.3) is 0 Å². The minimum Gasteiger partial charge on any atom is -0.501 e. The molecule has 0 spiro atoms. The largest absolute Gasteiger partial charge is 0.501 e. The van der Waals surface area contributed by atoms with Crippen LogP contribution in [0.3, 0.4) is 0 Å². The highest BCUT2D eigenvalue weighted by Gasteiger charge is 2.15. The van der Waals surface area contributed by atoms with Crippen LogP contribution in [0.2, 0.25) is 0 Å². The predicted octanol–water partition coefficient (Wildman–Crippen LogP) is 3.39. The van der Waals surface area contributed by atoms with E-state index in [1.54, 1.807) is 14.2 Å². The predicted molar refractivity (Wildman–Crippen MR) is 69.2 cm³/mol. The summed E-state index contributed by atoms with van der Waals surface area (Å²) in [7, 11) is 3.43. The zero-order valence-electron chi connectivity index (χ0n) is 9.99. The van der Waals surface area contributed by atoms with Crippen LogP contribution in [0.15, 0.2) is 36.1 Å². The van der Waals surface area contributed by atoms with Crippen molar-refractivity contribution in [3.05, 3.63) is 47.2 Å². The molecule has 0 aromatic heterocycles. The SMILES string of the molecule is COC1=Cc2ccc(OC)c3cccc(c23)C1. The van der Waals surface area contributed by atoms with Gasteiger partial charge < -0.3 is 9.47 Å². The zero-order valence-corrected chi connectivity index (χ0v) is 9.99. The molecule has 1 aliphatic rings. The first kappa shape index (κ1) is 10.2. The number of allylic oxidation sites excluding steroid dienone is 1. The van der Waals surface area contributed by atoms with Gasteiger partial charge in [-0.15, -0.1) is 0 Å². The van der Waals surface area contributed by atoms with E-state index >= 15 is 0 Å². The van der Waals surface area contributed by atoms with Crippen molar-refractivity contribution in [1.82, 2.24) is 0 Å². The fourth-order valence-corrected chi connectivity index (χ4v) is 2.47. The molecule has 17 heavy (non-hydrogen) atoms. The Labute approximate surface area is 100 Å². The van der Waals surface area contributed by atoms with Crippen molar-refractivity contribution in [2.75, 3.05) is 14.2 Å². The Hall–Kier alpha value is -1.96. The lowest BCUT2D eigenvalue weighted by atomic mass is 9.92. The summed E-state index contributed by atoms with van der Waals surface area (Å²) in [6.07, 6.45) is 2.96. The van der Waals surface area contributed by atoms with Gasteiger partial charge in [0.05, 0.1) is 14.2 Å². The van der Waals surface area contributed by atoms with Crippen LogP contribution >= 0.6 is 0 Å². The van der Waals surface area contributed by atoms with Gasteiger partial charge in [0, 0.05) is 11.8 Å². The zero-order chi connectivity index (χ0) is 11.8. The molecule has 0 unspecified atom stereocenters. The first-order valence-electron chi connectivity index (χ1n) is 5.66. The minimum absolute atomic E-state index is 0.855. The molecule has 0 fully saturated rings. The highest BCUT2D eigenvalue weighted by atomic mass is 16.5. The number of rotatable bonds is 2. The van der Waals surface area contributed by atoms with Crippen molar-refractivity contribution in [2.45, 2.75) is 6.42 Å². The summed E-state index contributed by atoms with van der Waals surface area (Å²) in [5, 5.41) is 2.46. The van der Waals surface area contributed by atoms with Gasteiger partial charge in [0.2, 0.25) is 0 Å². The molecule has 0 saturated carbocycles. The van der Waals surface area contributed by atoms with Crippen LogP contribution in [0.1, 0.15) is 11.1 Å². The van der Waals surface area contributed by atoms with Gasteiger partial charge in [-0.05, 0) is 28.7 Å². The van der Waals surface area contributed by atoms with E-state index in [9.17, 15) is 0 Å². The molecular formula is C15H14O2. The molecule has 0 aliphatic heterocycles. The molecule has 0 saturated heterocycles. The smallest absolute Gasteiger partial charge is 0.126 e. The molecule has 0 atom stereocenters. The fourth-order valence-electron chi connectivity index (χ4n) is 2.47. The lowest BCUT2D eigenvalue weighted by Crippen LogP contribution is -2.01. The molecule has 1 aliphatic carbocycles. The van der Waals surface area contributed by atoms with Crippen LogP contribution in [0.25, 0.3) is 16.8 Å².